The van der Waals surface area contributed by atoms with E-state index in [1.54, 1.807) is 23.7 Å². The summed E-state index contributed by atoms with van der Waals surface area (Å²) in [6.45, 7) is 2.47. The van der Waals surface area contributed by atoms with Crippen molar-refractivity contribution < 1.29 is 9.90 Å². The second-order valence-electron chi connectivity index (χ2n) is 4.37. The maximum Gasteiger partial charge on any atom is 0.320 e. The first kappa shape index (κ1) is 14.6. The number of nitrogens with zero attached hydrogens (tertiary/aromatic N) is 2. The average Bonchev–Trinajstić information content (AvgIpc) is 2.93. The number of aliphatic carboxylic acids is 1. The lowest BCUT2D eigenvalue weighted by Crippen LogP contribution is -2.37. The number of pyridine rings is 1. The Morgan fingerprint density at radius 1 is 1.55 bits per heavy atom. The molecule has 0 amide bonds. The average molecular weight is 291 g/mol. The van der Waals surface area contributed by atoms with Crippen LogP contribution in [-0.2, 0) is 11.2 Å². The lowest BCUT2D eigenvalue weighted by atomic mass is 10.2. The SMILES string of the molecule is CCC(NCCc1nc(-c2cccnc2)cs1)C(=O)O. The van der Waals surface area contributed by atoms with Crippen molar-refractivity contribution in [1.82, 2.24) is 15.3 Å². The molecule has 2 aromatic rings. The molecule has 0 aromatic carbocycles. The largest absolute Gasteiger partial charge is 0.480 e. The predicted octanol–water partition coefficient (Wildman–Crippen LogP) is 2.20. The van der Waals surface area contributed by atoms with Crippen LogP contribution in [0.4, 0.5) is 0 Å². The highest BCUT2D eigenvalue weighted by Crippen LogP contribution is 2.20. The van der Waals surface area contributed by atoms with Gasteiger partial charge in [-0.25, -0.2) is 4.98 Å². The third-order valence-electron chi connectivity index (χ3n) is 2.94. The zero-order valence-corrected chi connectivity index (χ0v) is 12.1. The first-order chi connectivity index (χ1) is 9.70. The molecule has 2 rings (SSSR count). The van der Waals surface area contributed by atoms with E-state index in [9.17, 15) is 4.79 Å². The van der Waals surface area contributed by atoms with Gasteiger partial charge >= 0.3 is 5.97 Å². The first-order valence-electron chi connectivity index (χ1n) is 6.51. The number of thiazole rings is 1. The minimum absolute atomic E-state index is 0.479. The molecule has 2 heterocycles. The van der Waals surface area contributed by atoms with Crippen LogP contribution in [0.3, 0.4) is 0 Å². The van der Waals surface area contributed by atoms with E-state index in [-0.39, 0.29) is 0 Å². The Bertz CT molecular complexity index is 557. The van der Waals surface area contributed by atoms with Crippen LogP contribution in [-0.4, -0.2) is 33.6 Å². The van der Waals surface area contributed by atoms with E-state index in [1.165, 1.54) is 0 Å². The fourth-order valence-electron chi connectivity index (χ4n) is 1.83. The molecule has 0 spiro atoms. The molecule has 2 aromatic heterocycles. The number of nitrogens with one attached hydrogen (secondary N) is 1. The van der Waals surface area contributed by atoms with Crippen LogP contribution >= 0.6 is 11.3 Å². The van der Waals surface area contributed by atoms with Gasteiger partial charge in [0, 0.05) is 36.3 Å². The molecule has 0 radical (unpaired) electrons. The van der Waals surface area contributed by atoms with Crippen LogP contribution in [0.25, 0.3) is 11.3 Å². The highest BCUT2D eigenvalue weighted by molar-refractivity contribution is 7.09. The maximum atomic E-state index is 10.9. The third-order valence-corrected chi connectivity index (χ3v) is 3.85. The summed E-state index contributed by atoms with van der Waals surface area (Å²) >= 11 is 1.59. The van der Waals surface area contributed by atoms with E-state index in [1.807, 2.05) is 24.4 Å². The van der Waals surface area contributed by atoms with Crippen LogP contribution < -0.4 is 5.32 Å². The molecule has 0 saturated carbocycles. The molecule has 0 aliphatic heterocycles. The Morgan fingerprint density at radius 2 is 2.40 bits per heavy atom. The molecule has 6 heteroatoms. The molecule has 0 aliphatic rings. The fraction of sp³-hybridized carbons (Fsp3) is 0.357. The van der Waals surface area contributed by atoms with Crippen molar-refractivity contribution in [3.63, 3.8) is 0 Å². The minimum atomic E-state index is -0.803. The van der Waals surface area contributed by atoms with Crippen LogP contribution in [0, 0.1) is 0 Å². The standard InChI is InChI=1S/C14H17N3O2S/c1-2-11(14(18)19)16-7-5-13-17-12(9-20-13)10-4-3-6-15-8-10/h3-4,6,8-9,11,16H,2,5,7H2,1H3,(H,18,19). The summed E-state index contributed by atoms with van der Waals surface area (Å²) in [5.41, 5.74) is 1.92. The van der Waals surface area contributed by atoms with Crippen molar-refractivity contribution in [2.24, 2.45) is 0 Å². The van der Waals surface area contributed by atoms with Crippen LogP contribution in [0.1, 0.15) is 18.4 Å². The van der Waals surface area contributed by atoms with Crippen molar-refractivity contribution in [1.29, 1.82) is 0 Å². The number of rotatable bonds is 7. The van der Waals surface area contributed by atoms with Crippen LogP contribution in [0.5, 0.6) is 0 Å². The Hall–Kier alpha value is -1.79. The monoisotopic (exact) mass is 291 g/mol. The number of carbonyl (C=O) groups is 1. The number of hydrogen-bond donors (Lipinski definition) is 2. The van der Waals surface area contributed by atoms with Crippen LogP contribution in [0.15, 0.2) is 29.9 Å². The van der Waals surface area contributed by atoms with Crippen molar-refractivity contribution in [2.45, 2.75) is 25.8 Å². The second kappa shape index (κ2) is 7.12. The van der Waals surface area contributed by atoms with E-state index < -0.39 is 12.0 Å². The van der Waals surface area contributed by atoms with Crippen molar-refractivity contribution in [3.05, 3.63) is 34.9 Å². The van der Waals surface area contributed by atoms with Crippen molar-refractivity contribution in [3.8, 4) is 11.3 Å². The molecule has 20 heavy (non-hydrogen) atoms. The highest BCUT2D eigenvalue weighted by atomic mass is 32.1. The van der Waals surface area contributed by atoms with Crippen molar-refractivity contribution >= 4 is 17.3 Å². The van der Waals surface area contributed by atoms with Gasteiger partial charge < -0.3 is 10.4 Å². The van der Waals surface area contributed by atoms with E-state index in [2.05, 4.69) is 15.3 Å². The summed E-state index contributed by atoms with van der Waals surface area (Å²) in [7, 11) is 0. The lowest BCUT2D eigenvalue weighted by molar-refractivity contribution is -0.139. The Balaban J connectivity index is 1.89. The van der Waals surface area contributed by atoms with E-state index in [0.29, 0.717) is 13.0 Å². The lowest BCUT2D eigenvalue weighted by Gasteiger charge is -2.10. The molecular weight excluding hydrogens is 274 g/mol. The van der Waals surface area contributed by atoms with Gasteiger partial charge in [-0.3, -0.25) is 9.78 Å². The Morgan fingerprint density at radius 3 is 3.05 bits per heavy atom. The maximum absolute atomic E-state index is 10.9. The summed E-state index contributed by atoms with van der Waals surface area (Å²) < 4.78 is 0. The normalized spacial score (nSPS) is 12.2. The minimum Gasteiger partial charge on any atom is -0.480 e. The zero-order chi connectivity index (χ0) is 14.4. The Kier molecular flexibility index (Phi) is 5.20. The fourth-order valence-corrected chi connectivity index (χ4v) is 2.64. The van der Waals surface area contributed by atoms with Crippen LogP contribution in [0.2, 0.25) is 0 Å². The van der Waals surface area contributed by atoms with Gasteiger partial charge in [0.05, 0.1) is 10.7 Å². The number of aromatic nitrogens is 2. The van der Waals surface area contributed by atoms with E-state index in [4.69, 9.17) is 5.11 Å². The summed E-state index contributed by atoms with van der Waals surface area (Å²) in [6, 6.07) is 3.38. The molecule has 106 valence electrons. The second-order valence-corrected chi connectivity index (χ2v) is 5.31. The van der Waals surface area contributed by atoms with Crippen molar-refractivity contribution in [2.75, 3.05) is 6.54 Å². The summed E-state index contributed by atoms with van der Waals surface area (Å²) in [5.74, 6) is -0.803. The summed E-state index contributed by atoms with van der Waals surface area (Å²) in [6.07, 6.45) is 4.83. The van der Waals surface area contributed by atoms with Gasteiger partial charge in [0.2, 0.25) is 0 Å². The molecule has 2 N–H and O–H groups in total. The highest BCUT2D eigenvalue weighted by Gasteiger charge is 2.13. The molecule has 0 saturated heterocycles. The van der Waals surface area contributed by atoms with Gasteiger partial charge in [0.25, 0.3) is 0 Å². The molecule has 1 atom stereocenters. The van der Waals surface area contributed by atoms with Gasteiger partial charge in [0.1, 0.15) is 6.04 Å². The Labute approximate surface area is 121 Å². The zero-order valence-electron chi connectivity index (χ0n) is 11.2. The third kappa shape index (κ3) is 3.85. The van der Waals surface area contributed by atoms with Gasteiger partial charge in [-0.15, -0.1) is 11.3 Å². The quantitative estimate of drug-likeness (QED) is 0.818. The van der Waals surface area contributed by atoms with E-state index >= 15 is 0 Å². The summed E-state index contributed by atoms with van der Waals surface area (Å²) in [5, 5.41) is 15.0. The first-order valence-corrected chi connectivity index (χ1v) is 7.39. The molecule has 0 aliphatic carbocycles. The van der Waals surface area contributed by atoms with E-state index in [0.717, 1.165) is 22.7 Å². The molecule has 0 fully saturated rings. The van der Waals surface area contributed by atoms with Gasteiger partial charge in [-0.2, -0.15) is 0 Å². The molecular formula is C14H17N3O2S. The summed E-state index contributed by atoms with van der Waals surface area (Å²) in [4.78, 5) is 19.5. The van der Waals surface area contributed by atoms with Gasteiger partial charge in [0.15, 0.2) is 0 Å². The number of carboxylic acids is 1. The predicted molar refractivity (Wildman–Crippen MR) is 78.8 cm³/mol. The van der Waals surface area contributed by atoms with Gasteiger partial charge in [-0.1, -0.05) is 6.92 Å². The number of hydrogen-bond acceptors (Lipinski definition) is 5. The molecule has 1 unspecified atom stereocenters. The smallest absolute Gasteiger partial charge is 0.320 e. The molecule has 0 bridgehead atoms. The number of carboxylic acid groups (broad SMARTS) is 1. The topological polar surface area (TPSA) is 75.1 Å². The molecule has 5 nitrogen and oxygen atoms in total. The van der Waals surface area contributed by atoms with Gasteiger partial charge in [-0.05, 0) is 18.6 Å².